The van der Waals surface area contributed by atoms with E-state index < -0.39 is 11.9 Å². The molecule has 230 valence electrons. The molecule has 40 heavy (non-hydrogen) atoms. The first kappa shape index (κ1) is 39.8. The Bertz CT molecular complexity index is 685. The Kier molecular flexibility index (Phi) is 36.4. The average molecular weight is 559 g/mol. The minimum Gasteiger partial charge on any atom is -0.481 e. The minimum absolute atomic E-state index is 0.319. The molecule has 0 heterocycles. The van der Waals surface area contributed by atoms with E-state index in [9.17, 15) is 9.59 Å². The highest BCUT2D eigenvalue weighted by molar-refractivity contribution is 5.80. The fourth-order valence-corrected chi connectivity index (χ4v) is 4.13. The van der Waals surface area contributed by atoms with Crippen LogP contribution in [-0.2, 0) is 9.59 Å². The van der Waals surface area contributed by atoms with E-state index in [0.717, 1.165) is 57.4 Å². The highest BCUT2D eigenvalue weighted by Gasteiger charge is 1.96. The van der Waals surface area contributed by atoms with Gasteiger partial charge in [-0.3, -0.25) is 4.79 Å². The molecule has 0 saturated heterocycles. The summed E-state index contributed by atoms with van der Waals surface area (Å²) in [5.41, 5.74) is 0. The number of aliphatic carboxylic acids is 2. The maximum atomic E-state index is 10.3. The largest absolute Gasteiger partial charge is 0.481 e. The third-order valence-corrected chi connectivity index (χ3v) is 6.50. The topological polar surface area (TPSA) is 74.6 Å². The van der Waals surface area contributed by atoms with Crippen LogP contribution in [0.3, 0.4) is 0 Å². The van der Waals surface area contributed by atoms with E-state index in [-0.39, 0.29) is 0 Å². The fourth-order valence-electron chi connectivity index (χ4n) is 4.13. The number of carboxylic acid groups (broad SMARTS) is 2. The average Bonchev–Trinajstić information content (AvgIpc) is 2.93. The molecular weight excluding hydrogens is 496 g/mol. The first-order valence-corrected chi connectivity index (χ1v) is 16.3. The molecule has 0 aromatic heterocycles. The molecule has 0 aliphatic carbocycles. The summed E-state index contributed by atoms with van der Waals surface area (Å²) in [4.78, 5) is 20.5. The molecule has 0 rings (SSSR count). The van der Waals surface area contributed by atoms with Crippen LogP contribution in [0.1, 0.15) is 155 Å². The van der Waals surface area contributed by atoms with Crippen molar-refractivity contribution < 1.29 is 19.8 Å². The quantitative estimate of drug-likeness (QED) is 0.0455. The number of hydrogen-bond acceptors (Lipinski definition) is 2. The molecule has 0 aliphatic rings. The van der Waals surface area contributed by atoms with Crippen molar-refractivity contribution in [2.24, 2.45) is 0 Å². The zero-order chi connectivity index (χ0) is 29.8. The van der Waals surface area contributed by atoms with Crippen molar-refractivity contribution in [3.8, 4) is 0 Å². The van der Waals surface area contributed by atoms with Gasteiger partial charge in [-0.15, -0.1) is 0 Å². The van der Waals surface area contributed by atoms with Gasteiger partial charge in [0.2, 0.25) is 0 Å². The van der Waals surface area contributed by atoms with Crippen LogP contribution in [-0.4, -0.2) is 22.2 Å². The number of rotatable bonds is 27. The molecule has 0 saturated carbocycles. The van der Waals surface area contributed by atoms with Crippen molar-refractivity contribution in [1.82, 2.24) is 0 Å². The van der Waals surface area contributed by atoms with E-state index >= 15 is 0 Å². The smallest absolute Gasteiger partial charge is 0.328 e. The Labute approximate surface area is 247 Å². The van der Waals surface area contributed by atoms with Gasteiger partial charge in [-0.1, -0.05) is 152 Å². The van der Waals surface area contributed by atoms with Crippen LogP contribution >= 0.6 is 0 Å². The molecule has 4 heteroatoms. The summed E-state index contributed by atoms with van der Waals surface area (Å²) < 4.78 is 0. The Morgan fingerprint density at radius 2 is 0.950 bits per heavy atom. The molecule has 4 nitrogen and oxygen atoms in total. The first-order chi connectivity index (χ1) is 19.5. The van der Waals surface area contributed by atoms with E-state index in [4.69, 9.17) is 10.2 Å². The number of allylic oxidation sites excluding steroid dienone is 9. The third-order valence-electron chi connectivity index (χ3n) is 6.50. The molecule has 0 unspecified atom stereocenters. The van der Waals surface area contributed by atoms with Gasteiger partial charge in [0, 0.05) is 12.5 Å². The summed E-state index contributed by atoms with van der Waals surface area (Å²) in [7, 11) is 0. The molecule has 0 radical (unpaired) electrons. The van der Waals surface area contributed by atoms with Crippen LogP contribution in [0.15, 0.2) is 60.8 Å². The predicted molar refractivity (Wildman–Crippen MR) is 174 cm³/mol. The van der Waals surface area contributed by atoms with E-state index in [2.05, 4.69) is 50.3 Å². The summed E-state index contributed by atoms with van der Waals surface area (Å²) in [5, 5.41) is 16.9. The highest BCUT2D eigenvalue weighted by Crippen LogP contribution is 2.12. The van der Waals surface area contributed by atoms with Crippen LogP contribution < -0.4 is 0 Å². The van der Waals surface area contributed by atoms with Crippen LogP contribution in [0.2, 0.25) is 0 Å². The van der Waals surface area contributed by atoms with Crippen LogP contribution in [0.4, 0.5) is 0 Å². The van der Waals surface area contributed by atoms with Crippen molar-refractivity contribution in [2.75, 3.05) is 0 Å². The number of unbranched alkanes of at least 4 members (excludes halogenated alkanes) is 16. The minimum atomic E-state index is -0.885. The van der Waals surface area contributed by atoms with Crippen LogP contribution in [0, 0.1) is 0 Å². The van der Waals surface area contributed by atoms with Gasteiger partial charge in [0.05, 0.1) is 0 Å². The molecule has 0 fully saturated rings. The van der Waals surface area contributed by atoms with E-state index in [1.807, 2.05) is 12.2 Å². The fraction of sp³-hybridized carbons (Fsp3) is 0.667. The first-order valence-electron chi connectivity index (χ1n) is 16.3. The maximum Gasteiger partial charge on any atom is 0.328 e. The molecule has 2 N–H and O–H groups in total. The van der Waals surface area contributed by atoms with Gasteiger partial charge >= 0.3 is 11.9 Å². The van der Waals surface area contributed by atoms with Crippen molar-refractivity contribution in [3.63, 3.8) is 0 Å². The summed E-state index contributed by atoms with van der Waals surface area (Å²) >= 11 is 0. The van der Waals surface area contributed by atoms with Gasteiger partial charge in [-0.25, -0.2) is 4.79 Å². The number of carbonyl (C=O) groups is 2. The lowest BCUT2D eigenvalue weighted by Gasteiger charge is -2.01. The SMILES string of the molecule is CC/C=C\C/C=C\C/C=C\CCCCCCCC(=O)O.CCCCCCCCCCCCCC=CC=CC(=O)O. The third kappa shape index (κ3) is 42.7. The normalized spacial score (nSPS) is 11.8. The maximum absolute atomic E-state index is 10.3. The number of carboxylic acids is 2. The van der Waals surface area contributed by atoms with Gasteiger partial charge < -0.3 is 10.2 Å². The second-order valence-electron chi connectivity index (χ2n) is 10.4. The zero-order valence-electron chi connectivity index (χ0n) is 26.0. The summed E-state index contributed by atoms with van der Waals surface area (Å²) in [6.07, 6.45) is 46.1. The highest BCUT2D eigenvalue weighted by atomic mass is 16.4. The molecule has 0 spiro atoms. The Hall–Kier alpha value is -2.36. The second-order valence-corrected chi connectivity index (χ2v) is 10.4. The lowest BCUT2D eigenvalue weighted by Crippen LogP contribution is -1.93. The van der Waals surface area contributed by atoms with E-state index in [0.29, 0.717) is 6.42 Å². The van der Waals surface area contributed by atoms with Gasteiger partial charge in [-0.05, 0) is 51.4 Å². The monoisotopic (exact) mass is 558 g/mol. The number of hydrogen-bond donors (Lipinski definition) is 2. The van der Waals surface area contributed by atoms with Crippen molar-refractivity contribution in [1.29, 1.82) is 0 Å². The lowest BCUT2D eigenvalue weighted by atomic mass is 10.1. The molecule has 0 aliphatic heterocycles. The van der Waals surface area contributed by atoms with E-state index in [1.165, 1.54) is 83.5 Å². The van der Waals surface area contributed by atoms with Crippen LogP contribution in [0.25, 0.3) is 0 Å². The van der Waals surface area contributed by atoms with E-state index in [1.54, 1.807) is 6.08 Å². The summed E-state index contributed by atoms with van der Waals surface area (Å²) in [6, 6.07) is 0. The van der Waals surface area contributed by atoms with Gasteiger partial charge in [0.25, 0.3) is 0 Å². The van der Waals surface area contributed by atoms with Crippen LogP contribution in [0.5, 0.6) is 0 Å². The van der Waals surface area contributed by atoms with Gasteiger partial charge in [0.1, 0.15) is 0 Å². The predicted octanol–water partition coefficient (Wildman–Crippen LogP) is 11.5. The molecule has 0 aromatic rings. The Balaban J connectivity index is 0. The van der Waals surface area contributed by atoms with Crippen molar-refractivity contribution in [2.45, 2.75) is 155 Å². The Morgan fingerprint density at radius 1 is 0.500 bits per heavy atom. The summed E-state index contributed by atoms with van der Waals surface area (Å²) in [6.45, 7) is 4.41. The molecule has 0 aromatic carbocycles. The standard InChI is InChI=1S/C18H32O2.C18H30O2/c2*1-2-3-4-5-6-7-8-9-10-11-12-13-14-15-16-17-18(19)20/h14-17H,2-13H2,1H3,(H,19,20);3-4,6-7,9-10H,2,5,8,11-17H2,1H3,(H,19,20)/b;4-3-,7-6-,10-9-. The molecule has 0 amide bonds. The zero-order valence-corrected chi connectivity index (χ0v) is 26.0. The van der Waals surface area contributed by atoms with Gasteiger partial charge in [0.15, 0.2) is 0 Å². The Morgan fingerprint density at radius 3 is 1.45 bits per heavy atom. The second kappa shape index (κ2) is 36.6. The summed E-state index contributed by atoms with van der Waals surface area (Å²) in [5.74, 6) is -1.56. The lowest BCUT2D eigenvalue weighted by molar-refractivity contribution is -0.137. The van der Waals surface area contributed by atoms with Gasteiger partial charge in [-0.2, -0.15) is 0 Å². The molecular formula is C36H62O4. The molecule has 0 atom stereocenters. The molecule has 0 bridgehead atoms. The van der Waals surface area contributed by atoms with Crippen molar-refractivity contribution >= 4 is 11.9 Å². The van der Waals surface area contributed by atoms with Crippen molar-refractivity contribution in [3.05, 3.63) is 60.8 Å².